The molecule has 0 heterocycles. The van der Waals surface area contributed by atoms with Crippen molar-refractivity contribution in [2.24, 2.45) is 0 Å². The number of carboxylic acid groups (broad SMARTS) is 1. The molecule has 0 atom stereocenters. The number of aliphatic carboxylic acids is 1. The second-order valence-electron chi connectivity index (χ2n) is 3.72. The van der Waals surface area contributed by atoms with E-state index in [1.165, 1.54) is 11.1 Å². The first-order chi connectivity index (χ1) is 7.69. The Kier molecular flexibility index (Phi) is 4.77. The van der Waals surface area contributed by atoms with E-state index in [-0.39, 0.29) is 6.42 Å². The topological polar surface area (TPSA) is 37.3 Å². The van der Waals surface area contributed by atoms with E-state index in [0.29, 0.717) is 6.42 Å². The number of hydrogen-bond donors (Lipinski definition) is 1. The Morgan fingerprint density at radius 3 is 2.62 bits per heavy atom. The minimum Gasteiger partial charge on any atom is -0.481 e. The molecule has 0 saturated carbocycles. The summed E-state index contributed by atoms with van der Waals surface area (Å²) in [6.07, 6.45) is 3.86. The van der Waals surface area contributed by atoms with Crippen LogP contribution in [0.25, 0.3) is 5.57 Å². The maximum atomic E-state index is 10.6. The van der Waals surface area contributed by atoms with Crippen LogP contribution in [0.2, 0.25) is 0 Å². The Bertz CT molecular complexity index is 391. The van der Waals surface area contributed by atoms with Crippen molar-refractivity contribution in [3.05, 3.63) is 41.5 Å². The molecule has 1 rings (SSSR count). The van der Waals surface area contributed by atoms with Crippen LogP contribution in [0.3, 0.4) is 0 Å². The van der Waals surface area contributed by atoms with Crippen LogP contribution in [0.5, 0.6) is 0 Å². The number of carbonyl (C=O) groups is 1. The van der Waals surface area contributed by atoms with E-state index in [9.17, 15) is 4.79 Å². The zero-order valence-corrected chi connectivity index (χ0v) is 9.86. The van der Waals surface area contributed by atoms with Crippen LogP contribution in [0.15, 0.2) is 30.3 Å². The van der Waals surface area contributed by atoms with Crippen molar-refractivity contribution in [2.45, 2.75) is 33.1 Å². The van der Waals surface area contributed by atoms with Crippen LogP contribution in [0.4, 0.5) is 0 Å². The monoisotopic (exact) mass is 218 g/mol. The molecule has 0 fully saturated rings. The zero-order valence-electron chi connectivity index (χ0n) is 9.86. The maximum absolute atomic E-state index is 10.6. The van der Waals surface area contributed by atoms with Gasteiger partial charge in [0.1, 0.15) is 0 Å². The van der Waals surface area contributed by atoms with Crippen molar-refractivity contribution in [1.29, 1.82) is 0 Å². The summed E-state index contributed by atoms with van der Waals surface area (Å²) in [5.41, 5.74) is 3.59. The van der Waals surface area contributed by atoms with Crippen molar-refractivity contribution >= 4 is 11.5 Å². The van der Waals surface area contributed by atoms with Gasteiger partial charge in [0.05, 0.1) is 0 Å². The smallest absolute Gasteiger partial charge is 0.303 e. The van der Waals surface area contributed by atoms with Crippen molar-refractivity contribution in [3.8, 4) is 0 Å². The molecule has 86 valence electrons. The van der Waals surface area contributed by atoms with E-state index in [1.807, 2.05) is 25.1 Å². The molecular weight excluding hydrogens is 200 g/mol. The van der Waals surface area contributed by atoms with Crippen molar-refractivity contribution in [1.82, 2.24) is 0 Å². The average molecular weight is 218 g/mol. The molecule has 0 unspecified atom stereocenters. The van der Waals surface area contributed by atoms with Gasteiger partial charge in [0, 0.05) is 6.42 Å². The van der Waals surface area contributed by atoms with Gasteiger partial charge < -0.3 is 5.11 Å². The van der Waals surface area contributed by atoms with Gasteiger partial charge in [0.2, 0.25) is 0 Å². The predicted octanol–water partition coefficient (Wildman–Crippen LogP) is 3.52. The normalized spacial score (nSPS) is 11.5. The predicted molar refractivity (Wildman–Crippen MR) is 66.3 cm³/mol. The molecule has 0 aliphatic rings. The molecule has 0 aliphatic heterocycles. The minimum atomic E-state index is -0.742. The van der Waals surface area contributed by atoms with Crippen molar-refractivity contribution in [2.75, 3.05) is 0 Å². The molecule has 0 spiro atoms. The first-order valence-electron chi connectivity index (χ1n) is 5.64. The second-order valence-corrected chi connectivity index (χ2v) is 3.72. The molecule has 0 bridgehead atoms. The first-order valence-corrected chi connectivity index (χ1v) is 5.64. The average Bonchev–Trinajstić information content (AvgIpc) is 2.29. The van der Waals surface area contributed by atoms with Gasteiger partial charge in [-0.2, -0.15) is 0 Å². The summed E-state index contributed by atoms with van der Waals surface area (Å²) in [5.74, 6) is -0.742. The molecular formula is C14H18O2. The molecule has 0 aromatic heterocycles. The lowest BCUT2D eigenvalue weighted by Crippen LogP contribution is -2.00. The van der Waals surface area contributed by atoms with Crippen molar-refractivity contribution in [3.63, 3.8) is 0 Å². The van der Waals surface area contributed by atoms with Crippen molar-refractivity contribution < 1.29 is 9.90 Å². The highest BCUT2D eigenvalue weighted by molar-refractivity contribution is 5.70. The molecule has 0 saturated heterocycles. The molecule has 2 nitrogen and oxygen atoms in total. The highest BCUT2D eigenvalue weighted by Crippen LogP contribution is 2.22. The fourth-order valence-electron chi connectivity index (χ4n) is 1.84. The first kappa shape index (κ1) is 12.5. The highest BCUT2D eigenvalue weighted by Gasteiger charge is 2.06. The number of hydrogen-bond acceptors (Lipinski definition) is 1. The third-order valence-corrected chi connectivity index (χ3v) is 2.70. The van der Waals surface area contributed by atoms with E-state index < -0.39 is 5.97 Å². The quantitative estimate of drug-likeness (QED) is 0.821. The van der Waals surface area contributed by atoms with E-state index in [0.717, 1.165) is 12.0 Å². The Morgan fingerprint density at radius 2 is 2.06 bits per heavy atom. The number of rotatable bonds is 5. The van der Waals surface area contributed by atoms with Gasteiger partial charge in [-0.15, -0.1) is 0 Å². The second kappa shape index (κ2) is 6.11. The van der Waals surface area contributed by atoms with Gasteiger partial charge in [-0.05, 0) is 36.5 Å². The molecule has 16 heavy (non-hydrogen) atoms. The van der Waals surface area contributed by atoms with E-state index >= 15 is 0 Å². The van der Waals surface area contributed by atoms with Crippen LogP contribution >= 0.6 is 0 Å². The minimum absolute atomic E-state index is 0.192. The van der Waals surface area contributed by atoms with Crippen LogP contribution < -0.4 is 0 Å². The fraction of sp³-hybridized carbons (Fsp3) is 0.357. The molecule has 0 aliphatic carbocycles. The van der Waals surface area contributed by atoms with E-state index in [2.05, 4.69) is 19.1 Å². The van der Waals surface area contributed by atoms with Gasteiger partial charge in [0.25, 0.3) is 0 Å². The molecule has 1 N–H and O–H groups in total. The third kappa shape index (κ3) is 3.23. The Hall–Kier alpha value is -1.57. The summed E-state index contributed by atoms with van der Waals surface area (Å²) in [6.45, 7) is 4.14. The van der Waals surface area contributed by atoms with E-state index in [4.69, 9.17) is 5.11 Å². The molecule has 1 aromatic rings. The molecule has 0 radical (unpaired) electrons. The van der Waals surface area contributed by atoms with Crippen LogP contribution in [-0.2, 0) is 11.2 Å². The SMILES string of the molecule is CC=C(CC)c1ccccc1CCC(=O)O. The van der Waals surface area contributed by atoms with E-state index in [1.54, 1.807) is 0 Å². The Labute approximate surface area is 96.6 Å². The lowest BCUT2D eigenvalue weighted by Gasteiger charge is -2.10. The molecule has 1 aromatic carbocycles. The standard InChI is InChI=1S/C14H18O2/c1-3-11(4-2)13-8-6-5-7-12(13)9-10-14(15)16/h3,5-8H,4,9-10H2,1-2H3,(H,15,16). The van der Waals surface area contributed by atoms with Gasteiger partial charge >= 0.3 is 5.97 Å². The third-order valence-electron chi connectivity index (χ3n) is 2.70. The number of allylic oxidation sites excluding steroid dienone is 2. The number of carboxylic acids is 1. The summed E-state index contributed by atoms with van der Waals surface area (Å²) in [5, 5.41) is 8.70. The molecule has 2 heteroatoms. The highest BCUT2D eigenvalue weighted by atomic mass is 16.4. The van der Waals surface area contributed by atoms with Gasteiger partial charge in [0.15, 0.2) is 0 Å². The Morgan fingerprint density at radius 1 is 1.38 bits per heavy atom. The summed E-state index contributed by atoms with van der Waals surface area (Å²) in [6, 6.07) is 8.04. The van der Waals surface area contributed by atoms with Gasteiger partial charge in [-0.25, -0.2) is 0 Å². The van der Waals surface area contributed by atoms with Gasteiger partial charge in [-0.1, -0.05) is 37.3 Å². The lowest BCUT2D eigenvalue weighted by atomic mass is 9.95. The summed E-state index contributed by atoms with van der Waals surface area (Å²) < 4.78 is 0. The van der Waals surface area contributed by atoms with Crippen LogP contribution in [0.1, 0.15) is 37.8 Å². The fourth-order valence-corrected chi connectivity index (χ4v) is 1.84. The maximum Gasteiger partial charge on any atom is 0.303 e. The Balaban J connectivity index is 2.95. The van der Waals surface area contributed by atoms with Gasteiger partial charge in [-0.3, -0.25) is 4.79 Å². The summed E-state index contributed by atoms with van der Waals surface area (Å²) in [7, 11) is 0. The van der Waals surface area contributed by atoms with Crippen LogP contribution in [-0.4, -0.2) is 11.1 Å². The number of benzene rings is 1. The lowest BCUT2D eigenvalue weighted by molar-refractivity contribution is -0.136. The summed E-state index contributed by atoms with van der Waals surface area (Å²) >= 11 is 0. The molecule has 0 amide bonds. The zero-order chi connectivity index (χ0) is 12.0. The largest absolute Gasteiger partial charge is 0.481 e. The van der Waals surface area contributed by atoms with Crippen LogP contribution in [0, 0.1) is 0 Å². The summed E-state index contributed by atoms with van der Waals surface area (Å²) in [4.78, 5) is 10.6. The number of aryl methyl sites for hydroxylation is 1.